The molecule has 1 aromatic rings. The molecule has 0 saturated carbocycles. The number of aldehydes is 1. The number of hydrogen-bond acceptors (Lipinski definition) is 2. The Morgan fingerprint density at radius 3 is 2.90 bits per heavy atom. The summed E-state index contributed by atoms with van der Waals surface area (Å²) in [6, 6.07) is 1.65. The third kappa shape index (κ3) is 1.33. The molecule has 0 aliphatic carbocycles. The molecule has 0 radical (unpaired) electrons. The van der Waals surface area contributed by atoms with Gasteiger partial charge >= 0.3 is 0 Å². The van der Waals surface area contributed by atoms with Gasteiger partial charge in [-0.25, -0.2) is 0 Å². The lowest BCUT2D eigenvalue weighted by molar-refractivity contribution is 0.111. The van der Waals surface area contributed by atoms with Gasteiger partial charge in [-0.3, -0.25) is 9.78 Å². The summed E-state index contributed by atoms with van der Waals surface area (Å²) < 4.78 is 0. The van der Waals surface area contributed by atoms with Gasteiger partial charge < -0.3 is 0 Å². The molecular weight excluding hydrogens is 150 g/mol. The smallest absolute Gasteiger partial charge is 0.168 e. The predicted octanol–water partition coefficient (Wildman–Crippen LogP) is 1.86. The first-order chi connectivity index (χ1) is 4.74. The number of nitrogens with zero attached hydrogens (tertiary/aromatic N) is 1. The van der Waals surface area contributed by atoms with E-state index in [-0.39, 0.29) is 0 Å². The van der Waals surface area contributed by atoms with E-state index in [2.05, 4.69) is 4.98 Å². The van der Waals surface area contributed by atoms with Crippen molar-refractivity contribution in [2.45, 2.75) is 6.92 Å². The number of hydrogen-bond donors (Lipinski definition) is 0. The fourth-order valence-electron chi connectivity index (χ4n) is 0.626. The van der Waals surface area contributed by atoms with Gasteiger partial charge in [0.1, 0.15) is 5.69 Å². The second-order valence-corrected chi connectivity index (χ2v) is 2.38. The van der Waals surface area contributed by atoms with Crippen molar-refractivity contribution in [1.82, 2.24) is 4.98 Å². The zero-order chi connectivity index (χ0) is 7.56. The van der Waals surface area contributed by atoms with E-state index in [0.29, 0.717) is 17.0 Å². The van der Waals surface area contributed by atoms with Crippen LogP contribution in [0.3, 0.4) is 0 Å². The van der Waals surface area contributed by atoms with E-state index in [4.69, 9.17) is 11.6 Å². The Morgan fingerprint density at radius 2 is 2.40 bits per heavy atom. The van der Waals surface area contributed by atoms with Crippen LogP contribution in [-0.4, -0.2) is 11.3 Å². The molecule has 2 nitrogen and oxygen atoms in total. The molecule has 0 bridgehead atoms. The normalized spacial score (nSPS) is 9.40. The summed E-state index contributed by atoms with van der Waals surface area (Å²) in [7, 11) is 0. The molecular formula is C7H6ClNO. The lowest BCUT2D eigenvalue weighted by Gasteiger charge is -1.94. The first kappa shape index (κ1) is 7.22. The molecule has 0 aliphatic heterocycles. The van der Waals surface area contributed by atoms with Gasteiger partial charge in [0.2, 0.25) is 0 Å². The molecule has 0 aromatic carbocycles. The molecule has 1 aromatic heterocycles. The number of carbonyl (C=O) groups excluding carboxylic acids is 1. The number of aryl methyl sites for hydroxylation is 1. The van der Waals surface area contributed by atoms with E-state index in [0.717, 1.165) is 5.56 Å². The SMILES string of the molecule is Cc1cc(C=O)ncc1Cl. The molecule has 3 heteroatoms. The van der Waals surface area contributed by atoms with Crippen molar-refractivity contribution in [2.24, 2.45) is 0 Å². The van der Waals surface area contributed by atoms with E-state index >= 15 is 0 Å². The van der Waals surface area contributed by atoms with Gasteiger partial charge in [0.15, 0.2) is 6.29 Å². The van der Waals surface area contributed by atoms with Gasteiger partial charge in [-0.2, -0.15) is 0 Å². The number of rotatable bonds is 1. The summed E-state index contributed by atoms with van der Waals surface area (Å²) in [6.45, 7) is 1.83. The van der Waals surface area contributed by atoms with Crippen LogP contribution in [0.4, 0.5) is 0 Å². The van der Waals surface area contributed by atoms with Crippen molar-refractivity contribution in [3.63, 3.8) is 0 Å². The summed E-state index contributed by atoms with van der Waals surface area (Å²) >= 11 is 5.66. The maximum Gasteiger partial charge on any atom is 0.168 e. The summed E-state index contributed by atoms with van der Waals surface area (Å²) in [6.07, 6.45) is 2.17. The molecule has 1 heterocycles. The van der Waals surface area contributed by atoms with Crippen molar-refractivity contribution in [1.29, 1.82) is 0 Å². The van der Waals surface area contributed by atoms with Crippen LogP contribution in [0.1, 0.15) is 16.1 Å². The average molecular weight is 156 g/mol. The van der Waals surface area contributed by atoms with Crippen molar-refractivity contribution < 1.29 is 4.79 Å². The standard InChI is InChI=1S/C7H6ClNO/c1-5-2-6(4-10)9-3-7(5)8/h2-4H,1H3. The Bertz CT molecular complexity index is 260. The van der Waals surface area contributed by atoms with Crippen LogP contribution in [0.25, 0.3) is 0 Å². The molecule has 52 valence electrons. The van der Waals surface area contributed by atoms with E-state index in [9.17, 15) is 4.79 Å². The second kappa shape index (κ2) is 2.80. The van der Waals surface area contributed by atoms with E-state index in [1.165, 1.54) is 6.20 Å². The van der Waals surface area contributed by atoms with E-state index in [1.807, 2.05) is 6.92 Å². The van der Waals surface area contributed by atoms with Crippen LogP contribution in [0.15, 0.2) is 12.3 Å². The van der Waals surface area contributed by atoms with Crippen LogP contribution < -0.4 is 0 Å². The minimum absolute atomic E-state index is 0.418. The zero-order valence-corrected chi connectivity index (χ0v) is 6.22. The fourth-order valence-corrected chi connectivity index (χ4v) is 0.729. The van der Waals surface area contributed by atoms with Crippen molar-refractivity contribution in [2.75, 3.05) is 0 Å². The first-order valence-electron chi connectivity index (χ1n) is 2.81. The topological polar surface area (TPSA) is 30.0 Å². The number of halogens is 1. The molecule has 0 aliphatic rings. The quantitative estimate of drug-likeness (QED) is 0.580. The Morgan fingerprint density at radius 1 is 1.70 bits per heavy atom. The summed E-state index contributed by atoms with van der Waals surface area (Å²) in [5, 5.41) is 0.589. The Hall–Kier alpha value is -0.890. The predicted molar refractivity (Wildman–Crippen MR) is 39.4 cm³/mol. The van der Waals surface area contributed by atoms with Crippen molar-refractivity contribution in [3.05, 3.63) is 28.5 Å². The van der Waals surface area contributed by atoms with Crippen LogP contribution in [0, 0.1) is 6.92 Å². The highest BCUT2D eigenvalue weighted by Crippen LogP contribution is 2.12. The molecule has 1 rings (SSSR count). The van der Waals surface area contributed by atoms with E-state index < -0.39 is 0 Å². The van der Waals surface area contributed by atoms with Gasteiger partial charge in [0, 0.05) is 6.20 Å². The summed E-state index contributed by atoms with van der Waals surface area (Å²) in [4.78, 5) is 13.9. The average Bonchev–Trinajstić information content (AvgIpc) is 1.95. The second-order valence-electron chi connectivity index (χ2n) is 1.98. The van der Waals surface area contributed by atoms with Crippen LogP contribution in [0.2, 0.25) is 5.02 Å². The monoisotopic (exact) mass is 155 g/mol. The molecule has 0 saturated heterocycles. The third-order valence-electron chi connectivity index (χ3n) is 1.19. The molecule has 10 heavy (non-hydrogen) atoms. The highest BCUT2D eigenvalue weighted by molar-refractivity contribution is 6.31. The van der Waals surface area contributed by atoms with Crippen LogP contribution in [-0.2, 0) is 0 Å². The van der Waals surface area contributed by atoms with Crippen molar-refractivity contribution in [3.8, 4) is 0 Å². The summed E-state index contributed by atoms with van der Waals surface area (Å²) in [5.41, 5.74) is 1.29. The minimum atomic E-state index is 0.418. The van der Waals surface area contributed by atoms with Gasteiger partial charge in [-0.1, -0.05) is 11.6 Å². The highest BCUT2D eigenvalue weighted by Gasteiger charge is 1.95. The number of carbonyl (C=O) groups is 1. The molecule has 0 spiro atoms. The third-order valence-corrected chi connectivity index (χ3v) is 1.58. The largest absolute Gasteiger partial charge is 0.296 e. The summed E-state index contributed by atoms with van der Waals surface area (Å²) in [5.74, 6) is 0. The Kier molecular flexibility index (Phi) is 2.02. The first-order valence-corrected chi connectivity index (χ1v) is 3.19. The molecule has 0 amide bonds. The minimum Gasteiger partial charge on any atom is -0.296 e. The number of aromatic nitrogens is 1. The molecule has 0 N–H and O–H groups in total. The number of pyridine rings is 1. The molecule has 0 atom stereocenters. The highest BCUT2D eigenvalue weighted by atomic mass is 35.5. The van der Waals surface area contributed by atoms with Crippen LogP contribution >= 0.6 is 11.6 Å². The lowest BCUT2D eigenvalue weighted by Crippen LogP contribution is -1.87. The molecule has 0 fully saturated rings. The Balaban J connectivity index is 3.16. The maximum absolute atomic E-state index is 10.2. The van der Waals surface area contributed by atoms with Gasteiger partial charge in [0.25, 0.3) is 0 Å². The zero-order valence-electron chi connectivity index (χ0n) is 5.47. The van der Waals surface area contributed by atoms with E-state index in [1.54, 1.807) is 6.07 Å². The van der Waals surface area contributed by atoms with Crippen molar-refractivity contribution >= 4 is 17.9 Å². The van der Waals surface area contributed by atoms with Gasteiger partial charge in [0.05, 0.1) is 5.02 Å². The Labute approximate surface area is 63.8 Å². The molecule has 0 unspecified atom stereocenters. The van der Waals surface area contributed by atoms with Gasteiger partial charge in [-0.15, -0.1) is 0 Å². The maximum atomic E-state index is 10.2. The van der Waals surface area contributed by atoms with Gasteiger partial charge in [-0.05, 0) is 18.6 Å². The lowest BCUT2D eigenvalue weighted by atomic mass is 10.2. The fraction of sp³-hybridized carbons (Fsp3) is 0.143. The van der Waals surface area contributed by atoms with Crippen LogP contribution in [0.5, 0.6) is 0 Å².